The molecule has 1 aromatic heterocycles. The minimum absolute atomic E-state index is 0.651. The number of hydrogen-bond donors (Lipinski definition) is 1. The molecule has 1 N–H and O–H groups in total. The van der Waals surface area contributed by atoms with Gasteiger partial charge in [-0.1, -0.05) is 33.1 Å². The highest BCUT2D eigenvalue weighted by molar-refractivity contribution is 5.37. The molecule has 16 heavy (non-hydrogen) atoms. The summed E-state index contributed by atoms with van der Waals surface area (Å²) in [6.07, 6.45) is 8.61. The Kier molecular flexibility index (Phi) is 5.91. The first-order valence-corrected chi connectivity index (χ1v) is 6.54. The number of rotatable bonds is 2. The van der Waals surface area contributed by atoms with Crippen molar-refractivity contribution in [1.82, 2.24) is 4.98 Å². The van der Waals surface area contributed by atoms with E-state index in [1.165, 1.54) is 37.7 Å². The highest BCUT2D eigenvalue weighted by atomic mass is 15.0. The molecule has 0 amide bonds. The molecule has 1 heterocycles. The standard InChI is InChI=1S/C12H18N2.C2H6/c1-10-7-8-13-12(9-10)14-11-5-3-2-4-6-11;1-2/h7-9,11H,2-6H2,1H3,(H,13,14);1-2H3. The van der Waals surface area contributed by atoms with Crippen LogP contribution in [-0.2, 0) is 0 Å². The number of pyridine rings is 1. The molecule has 0 atom stereocenters. The largest absolute Gasteiger partial charge is 0.367 e. The summed E-state index contributed by atoms with van der Waals surface area (Å²) in [6.45, 7) is 6.10. The van der Waals surface area contributed by atoms with E-state index in [0.29, 0.717) is 6.04 Å². The minimum Gasteiger partial charge on any atom is -0.367 e. The van der Waals surface area contributed by atoms with E-state index in [0.717, 1.165) is 5.82 Å². The van der Waals surface area contributed by atoms with E-state index < -0.39 is 0 Å². The number of anilines is 1. The van der Waals surface area contributed by atoms with Crippen molar-refractivity contribution in [3.8, 4) is 0 Å². The predicted octanol–water partition coefficient (Wildman–Crippen LogP) is 4.16. The summed E-state index contributed by atoms with van der Waals surface area (Å²) in [4.78, 5) is 4.32. The molecular formula is C14H24N2. The number of hydrogen-bond acceptors (Lipinski definition) is 2. The van der Waals surface area contributed by atoms with Crippen molar-refractivity contribution in [2.24, 2.45) is 0 Å². The van der Waals surface area contributed by atoms with Crippen LogP contribution < -0.4 is 5.32 Å². The Morgan fingerprint density at radius 3 is 2.50 bits per heavy atom. The molecule has 0 saturated heterocycles. The molecule has 0 bridgehead atoms. The molecule has 1 aromatic rings. The first-order chi connectivity index (χ1) is 7.84. The van der Waals surface area contributed by atoms with Gasteiger partial charge in [0.1, 0.15) is 5.82 Å². The quantitative estimate of drug-likeness (QED) is 0.809. The van der Waals surface area contributed by atoms with Gasteiger partial charge >= 0.3 is 0 Å². The normalized spacial score (nSPS) is 16.2. The van der Waals surface area contributed by atoms with Gasteiger partial charge < -0.3 is 5.32 Å². The van der Waals surface area contributed by atoms with Crippen LogP contribution in [0.1, 0.15) is 51.5 Å². The number of aryl methyl sites for hydroxylation is 1. The van der Waals surface area contributed by atoms with Crippen LogP contribution >= 0.6 is 0 Å². The van der Waals surface area contributed by atoms with E-state index in [1.54, 1.807) is 0 Å². The fourth-order valence-corrected chi connectivity index (χ4v) is 2.07. The topological polar surface area (TPSA) is 24.9 Å². The molecule has 1 saturated carbocycles. The molecule has 0 spiro atoms. The van der Waals surface area contributed by atoms with E-state index in [2.05, 4.69) is 23.3 Å². The monoisotopic (exact) mass is 220 g/mol. The molecular weight excluding hydrogens is 196 g/mol. The Hall–Kier alpha value is -1.05. The highest BCUT2D eigenvalue weighted by Crippen LogP contribution is 2.20. The van der Waals surface area contributed by atoms with E-state index >= 15 is 0 Å². The Bertz CT molecular complexity index is 291. The van der Waals surface area contributed by atoms with Gasteiger partial charge in [0.25, 0.3) is 0 Å². The van der Waals surface area contributed by atoms with Crippen LogP contribution in [0.4, 0.5) is 5.82 Å². The van der Waals surface area contributed by atoms with Crippen molar-refractivity contribution >= 4 is 5.82 Å². The van der Waals surface area contributed by atoms with Gasteiger partial charge in [0, 0.05) is 12.2 Å². The summed E-state index contributed by atoms with van der Waals surface area (Å²) >= 11 is 0. The maximum absolute atomic E-state index is 4.32. The van der Waals surface area contributed by atoms with Crippen LogP contribution in [0, 0.1) is 6.92 Å². The predicted molar refractivity (Wildman–Crippen MR) is 70.8 cm³/mol. The molecule has 0 radical (unpaired) electrons. The third-order valence-corrected chi connectivity index (χ3v) is 2.87. The second-order valence-corrected chi connectivity index (χ2v) is 4.20. The van der Waals surface area contributed by atoms with Crippen LogP contribution in [-0.4, -0.2) is 11.0 Å². The first-order valence-electron chi connectivity index (χ1n) is 6.54. The molecule has 2 heteroatoms. The lowest BCUT2D eigenvalue weighted by molar-refractivity contribution is 0.462. The van der Waals surface area contributed by atoms with Gasteiger partial charge in [-0.15, -0.1) is 0 Å². The number of aromatic nitrogens is 1. The molecule has 0 aromatic carbocycles. The van der Waals surface area contributed by atoms with Crippen LogP contribution in [0.2, 0.25) is 0 Å². The zero-order chi connectivity index (χ0) is 11.8. The fourth-order valence-electron chi connectivity index (χ4n) is 2.07. The van der Waals surface area contributed by atoms with Crippen molar-refractivity contribution in [2.75, 3.05) is 5.32 Å². The van der Waals surface area contributed by atoms with Gasteiger partial charge in [0.15, 0.2) is 0 Å². The molecule has 0 aliphatic heterocycles. The minimum atomic E-state index is 0.651. The molecule has 1 fully saturated rings. The van der Waals surface area contributed by atoms with Gasteiger partial charge in [-0.2, -0.15) is 0 Å². The van der Waals surface area contributed by atoms with Crippen LogP contribution in [0.25, 0.3) is 0 Å². The van der Waals surface area contributed by atoms with Gasteiger partial charge in [0.2, 0.25) is 0 Å². The van der Waals surface area contributed by atoms with Crippen LogP contribution in [0.3, 0.4) is 0 Å². The lowest BCUT2D eigenvalue weighted by Gasteiger charge is -2.23. The van der Waals surface area contributed by atoms with Crippen molar-refractivity contribution < 1.29 is 0 Å². The molecule has 2 rings (SSSR count). The zero-order valence-electron chi connectivity index (χ0n) is 10.8. The molecule has 1 aliphatic rings. The maximum Gasteiger partial charge on any atom is 0.126 e. The fraction of sp³-hybridized carbons (Fsp3) is 0.643. The molecule has 1 aliphatic carbocycles. The summed E-state index contributed by atoms with van der Waals surface area (Å²) in [5, 5.41) is 3.51. The maximum atomic E-state index is 4.32. The second kappa shape index (κ2) is 7.26. The smallest absolute Gasteiger partial charge is 0.126 e. The lowest BCUT2D eigenvalue weighted by atomic mass is 9.95. The van der Waals surface area contributed by atoms with Gasteiger partial charge in [-0.05, 0) is 37.5 Å². The average Bonchev–Trinajstić information content (AvgIpc) is 2.33. The number of nitrogens with one attached hydrogen (secondary N) is 1. The van der Waals surface area contributed by atoms with Crippen molar-refractivity contribution in [1.29, 1.82) is 0 Å². The summed E-state index contributed by atoms with van der Waals surface area (Å²) in [7, 11) is 0. The summed E-state index contributed by atoms with van der Waals surface area (Å²) < 4.78 is 0. The van der Waals surface area contributed by atoms with E-state index in [-0.39, 0.29) is 0 Å². The summed E-state index contributed by atoms with van der Waals surface area (Å²) in [5.41, 5.74) is 1.28. The third kappa shape index (κ3) is 4.21. The van der Waals surface area contributed by atoms with Crippen molar-refractivity contribution in [2.45, 2.75) is 58.9 Å². The van der Waals surface area contributed by atoms with E-state index in [9.17, 15) is 0 Å². The average molecular weight is 220 g/mol. The van der Waals surface area contributed by atoms with Gasteiger partial charge in [-0.25, -0.2) is 4.98 Å². The molecule has 0 unspecified atom stereocenters. The SMILES string of the molecule is CC.Cc1ccnc(NC2CCCCC2)c1. The van der Waals surface area contributed by atoms with E-state index in [4.69, 9.17) is 0 Å². The summed E-state index contributed by atoms with van der Waals surface area (Å²) in [5.74, 6) is 1.04. The highest BCUT2D eigenvalue weighted by Gasteiger charge is 2.12. The van der Waals surface area contributed by atoms with Crippen LogP contribution in [0.15, 0.2) is 18.3 Å². The Morgan fingerprint density at radius 2 is 1.88 bits per heavy atom. The lowest BCUT2D eigenvalue weighted by Crippen LogP contribution is -2.22. The Balaban J connectivity index is 0.000000606. The molecule has 90 valence electrons. The number of nitrogens with zero attached hydrogens (tertiary/aromatic N) is 1. The van der Waals surface area contributed by atoms with E-state index in [1.807, 2.05) is 26.1 Å². The van der Waals surface area contributed by atoms with Crippen LogP contribution in [0.5, 0.6) is 0 Å². The zero-order valence-corrected chi connectivity index (χ0v) is 10.8. The van der Waals surface area contributed by atoms with Gasteiger partial charge in [-0.3, -0.25) is 0 Å². The Labute approximate surface area is 99.5 Å². The first kappa shape index (κ1) is 13.0. The second-order valence-electron chi connectivity index (χ2n) is 4.20. The molecule has 2 nitrogen and oxygen atoms in total. The summed E-state index contributed by atoms with van der Waals surface area (Å²) in [6, 6.07) is 4.80. The van der Waals surface area contributed by atoms with Crippen molar-refractivity contribution in [3.63, 3.8) is 0 Å². The van der Waals surface area contributed by atoms with Crippen molar-refractivity contribution in [3.05, 3.63) is 23.9 Å². The Morgan fingerprint density at radius 1 is 1.19 bits per heavy atom. The van der Waals surface area contributed by atoms with Gasteiger partial charge in [0.05, 0.1) is 0 Å². The third-order valence-electron chi connectivity index (χ3n) is 2.87.